The minimum absolute atomic E-state index is 0.0493. The molecule has 1 heterocycles. The van der Waals surface area contributed by atoms with Gasteiger partial charge in [-0.2, -0.15) is 26.8 Å². The molecule has 0 aliphatic rings. The Bertz CT molecular complexity index is 1050. The fourth-order valence-corrected chi connectivity index (χ4v) is 3.24. The Labute approximate surface area is 161 Å². The quantitative estimate of drug-likeness (QED) is 0.542. The molecule has 0 aliphatic heterocycles. The van der Waals surface area contributed by atoms with E-state index < -0.39 is 11.9 Å². The maximum atomic E-state index is 13.3. The third-order valence-corrected chi connectivity index (χ3v) is 4.61. The molecule has 4 nitrogen and oxygen atoms in total. The highest BCUT2D eigenvalue weighted by Gasteiger charge is 2.35. The molecule has 0 fully saturated rings. The summed E-state index contributed by atoms with van der Waals surface area (Å²) in [7, 11) is 0. The molecule has 3 aromatic rings. The van der Waals surface area contributed by atoms with Crippen molar-refractivity contribution in [3.63, 3.8) is 0 Å². The summed E-state index contributed by atoms with van der Waals surface area (Å²) < 4.78 is 55.8. The zero-order valence-electron chi connectivity index (χ0n) is 14.2. The van der Waals surface area contributed by atoms with Crippen LogP contribution in [0.15, 0.2) is 46.8 Å². The van der Waals surface area contributed by atoms with Gasteiger partial charge in [0, 0.05) is 16.1 Å². The SMILES string of the molecule is Cc1ccc(-n2nc(C(F)(F)F)cc2-c2ccc(Cl)cc2)c(C)c1N=S=O. The molecule has 0 unspecified atom stereocenters. The molecule has 0 saturated heterocycles. The molecule has 2 aromatic carbocycles. The van der Waals surface area contributed by atoms with Gasteiger partial charge in [-0.15, -0.1) is 0 Å². The average Bonchev–Trinajstić information content (AvgIpc) is 3.05. The first-order valence-electron chi connectivity index (χ1n) is 7.76. The summed E-state index contributed by atoms with van der Waals surface area (Å²) in [6, 6.07) is 10.8. The molecule has 0 radical (unpaired) electrons. The van der Waals surface area contributed by atoms with Gasteiger partial charge in [0.25, 0.3) is 0 Å². The number of rotatable bonds is 3. The molecule has 1 aromatic heterocycles. The second-order valence-corrected chi connectivity index (χ2v) is 6.64. The summed E-state index contributed by atoms with van der Waals surface area (Å²) in [6.07, 6.45) is -4.59. The number of benzene rings is 2. The topological polar surface area (TPSA) is 47.2 Å². The smallest absolute Gasteiger partial charge is 0.232 e. The second kappa shape index (κ2) is 7.28. The van der Waals surface area contributed by atoms with E-state index in [9.17, 15) is 17.4 Å². The second-order valence-electron chi connectivity index (χ2n) is 5.87. The lowest BCUT2D eigenvalue weighted by molar-refractivity contribution is -0.141. The zero-order valence-corrected chi connectivity index (χ0v) is 15.8. The van der Waals surface area contributed by atoms with Gasteiger partial charge in [-0.3, -0.25) is 0 Å². The van der Waals surface area contributed by atoms with Crippen molar-refractivity contribution >= 4 is 28.8 Å². The average molecular weight is 412 g/mol. The van der Waals surface area contributed by atoms with Gasteiger partial charge < -0.3 is 0 Å². The van der Waals surface area contributed by atoms with Crippen LogP contribution in [0.5, 0.6) is 0 Å². The Kier molecular flexibility index (Phi) is 5.21. The van der Waals surface area contributed by atoms with Crippen LogP contribution in [0.25, 0.3) is 16.9 Å². The monoisotopic (exact) mass is 411 g/mol. The Morgan fingerprint density at radius 2 is 1.78 bits per heavy atom. The van der Waals surface area contributed by atoms with Crippen LogP contribution in [0, 0.1) is 13.8 Å². The standard InChI is InChI=1S/C18H13ClF3N3OS/c1-10-3-8-14(11(2)17(10)24-27-26)25-15(9-16(23-25)18(20,21)22)12-4-6-13(19)7-5-12/h3-9H,1-2H3. The first-order valence-corrected chi connectivity index (χ1v) is 8.84. The van der Waals surface area contributed by atoms with Crippen LogP contribution in [0.3, 0.4) is 0 Å². The van der Waals surface area contributed by atoms with E-state index in [2.05, 4.69) is 9.46 Å². The van der Waals surface area contributed by atoms with Gasteiger partial charge in [0.1, 0.15) is 0 Å². The normalized spacial score (nSPS) is 11.5. The van der Waals surface area contributed by atoms with E-state index in [1.54, 1.807) is 50.2 Å². The molecule has 0 saturated carbocycles. The Hall–Kier alpha value is -2.45. The van der Waals surface area contributed by atoms with Crippen LogP contribution < -0.4 is 0 Å². The van der Waals surface area contributed by atoms with Crippen molar-refractivity contribution in [2.45, 2.75) is 20.0 Å². The summed E-state index contributed by atoms with van der Waals surface area (Å²) in [5.74, 6) is 0. The van der Waals surface area contributed by atoms with Crippen LogP contribution in [-0.4, -0.2) is 14.0 Å². The van der Waals surface area contributed by atoms with Crippen LogP contribution in [0.1, 0.15) is 16.8 Å². The lowest BCUT2D eigenvalue weighted by Gasteiger charge is -2.13. The lowest BCUT2D eigenvalue weighted by Crippen LogP contribution is -2.08. The predicted molar refractivity (Wildman–Crippen MR) is 98.7 cm³/mol. The zero-order chi connectivity index (χ0) is 19.8. The van der Waals surface area contributed by atoms with Gasteiger partial charge in [-0.25, -0.2) is 4.68 Å². The Morgan fingerprint density at radius 3 is 2.37 bits per heavy atom. The number of nitrogens with zero attached hydrogens (tertiary/aromatic N) is 3. The van der Waals surface area contributed by atoms with Gasteiger partial charge in [-0.05, 0) is 43.7 Å². The summed E-state index contributed by atoms with van der Waals surface area (Å²) >= 11 is 5.93. The molecule has 27 heavy (non-hydrogen) atoms. The van der Waals surface area contributed by atoms with Gasteiger partial charge in [0.05, 0.1) is 17.1 Å². The van der Waals surface area contributed by atoms with Crippen molar-refractivity contribution in [1.29, 1.82) is 0 Å². The first kappa shape index (κ1) is 19.3. The van der Waals surface area contributed by atoms with Crippen molar-refractivity contribution in [3.05, 3.63) is 64.3 Å². The van der Waals surface area contributed by atoms with E-state index >= 15 is 0 Å². The highest BCUT2D eigenvalue weighted by molar-refractivity contribution is 7.54. The number of hydrogen-bond donors (Lipinski definition) is 0. The van der Waals surface area contributed by atoms with Gasteiger partial charge in [0.2, 0.25) is 11.5 Å². The Morgan fingerprint density at radius 1 is 1.11 bits per heavy atom. The van der Waals surface area contributed by atoms with E-state index in [0.29, 0.717) is 27.5 Å². The molecular formula is C18H13ClF3N3OS. The molecule has 0 aliphatic carbocycles. The highest BCUT2D eigenvalue weighted by atomic mass is 35.5. The molecule has 0 spiro atoms. The minimum atomic E-state index is -4.59. The van der Waals surface area contributed by atoms with E-state index in [1.165, 1.54) is 4.68 Å². The minimum Gasteiger partial charge on any atom is -0.232 e. The fourth-order valence-electron chi connectivity index (χ4n) is 2.76. The van der Waals surface area contributed by atoms with E-state index in [4.69, 9.17) is 11.6 Å². The third-order valence-electron chi connectivity index (χ3n) is 4.10. The fraction of sp³-hybridized carbons (Fsp3) is 0.167. The summed E-state index contributed by atoms with van der Waals surface area (Å²) in [5.41, 5.74) is 1.92. The van der Waals surface area contributed by atoms with Crippen LogP contribution in [-0.2, 0) is 17.6 Å². The summed E-state index contributed by atoms with van der Waals surface area (Å²) in [4.78, 5) is 0. The summed E-state index contributed by atoms with van der Waals surface area (Å²) in [5, 5.41) is 4.25. The van der Waals surface area contributed by atoms with Crippen molar-refractivity contribution in [1.82, 2.24) is 9.78 Å². The number of aryl methyl sites for hydroxylation is 1. The summed E-state index contributed by atoms with van der Waals surface area (Å²) in [6.45, 7) is 3.47. The third kappa shape index (κ3) is 3.81. The molecule has 0 bridgehead atoms. The number of aromatic nitrogens is 2. The van der Waals surface area contributed by atoms with E-state index in [-0.39, 0.29) is 17.2 Å². The molecule has 140 valence electrons. The molecule has 3 rings (SSSR count). The molecular weight excluding hydrogens is 399 g/mol. The lowest BCUT2D eigenvalue weighted by atomic mass is 10.1. The number of hydrogen-bond acceptors (Lipinski definition) is 3. The molecule has 0 amide bonds. The predicted octanol–water partition coefficient (Wildman–Crippen LogP) is 5.86. The van der Waals surface area contributed by atoms with Crippen molar-refractivity contribution in [2.24, 2.45) is 4.36 Å². The Balaban J connectivity index is 2.29. The number of alkyl halides is 3. The van der Waals surface area contributed by atoms with Crippen molar-refractivity contribution in [2.75, 3.05) is 0 Å². The largest absolute Gasteiger partial charge is 0.435 e. The molecule has 0 N–H and O–H groups in total. The molecule has 9 heteroatoms. The maximum absolute atomic E-state index is 13.3. The first-order chi connectivity index (χ1) is 12.7. The van der Waals surface area contributed by atoms with E-state index in [0.717, 1.165) is 11.6 Å². The van der Waals surface area contributed by atoms with Gasteiger partial charge >= 0.3 is 6.18 Å². The van der Waals surface area contributed by atoms with Crippen molar-refractivity contribution < 1.29 is 17.4 Å². The van der Waals surface area contributed by atoms with Crippen molar-refractivity contribution in [3.8, 4) is 16.9 Å². The van der Waals surface area contributed by atoms with Gasteiger partial charge in [-0.1, -0.05) is 29.8 Å². The van der Waals surface area contributed by atoms with Crippen LogP contribution in [0.2, 0.25) is 5.02 Å². The van der Waals surface area contributed by atoms with Crippen LogP contribution >= 0.6 is 11.6 Å². The van der Waals surface area contributed by atoms with Gasteiger partial charge in [0.15, 0.2) is 5.69 Å². The maximum Gasteiger partial charge on any atom is 0.435 e. The number of halogens is 4. The molecule has 0 atom stereocenters. The van der Waals surface area contributed by atoms with Crippen LogP contribution in [0.4, 0.5) is 18.9 Å². The van der Waals surface area contributed by atoms with E-state index in [1.807, 2.05) is 0 Å². The highest BCUT2D eigenvalue weighted by Crippen LogP contribution is 2.36.